The van der Waals surface area contributed by atoms with Crippen LogP contribution in [0.15, 0.2) is 60.8 Å². The molecule has 1 atom stereocenters. The fraction of sp³-hybridized carbons (Fsp3) is 0.774. The summed E-state index contributed by atoms with van der Waals surface area (Å²) in [5.41, 5.74) is 0. The molecule has 58 heavy (non-hydrogen) atoms. The number of hydrogen-bond donors (Lipinski definition) is 1. The van der Waals surface area contributed by atoms with Gasteiger partial charge in [-0.3, -0.25) is 9.59 Å². The smallest absolute Gasteiger partial charge is 0.306 e. The largest absolute Gasteiger partial charge is 0.462 e. The van der Waals surface area contributed by atoms with Gasteiger partial charge in [-0.25, -0.2) is 0 Å². The summed E-state index contributed by atoms with van der Waals surface area (Å²) in [6.07, 6.45) is 64.5. The van der Waals surface area contributed by atoms with Crippen molar-refractivity contribution in [1.29, 1.82) is 0 Å². The van der Waals surface area contributed by atoms with Crippen LogP contribution in [0.1, 0.15) is 245 Å². The molecular weight excluding hydrogens is 717 g/mol. The van der Waals surface area contributed by atoms with Crippen molar-refractivity contribution in [2.45, 2.75) is 251 Å². The fourth-order valence-electron chi connectivity index (χ4n) is 7.11. The first kappa shape index (κ1) is 55.6. The van der Waals surface area contributed by atoms with Gasteiger partial charge in [0.1, 0.15) is 6.61 Å². The highest BCUT2D eigenvalue weighted by atomic mass is 16.6. The number of ether oxygens (including phenoxy) is 2. The molecule has 0 saturated carbocycles. The number of unbranched alkanes of at least 4 members (excludes halogenated alkanes) is 27. The van der Waals surface area contributed by atoms with Gasteiger partial charge in [0.2, 0.25) is 0 Å². The lowest BCUT2D eigenvalue weighted by Gasteiger charge is -2.15. The van der Waals surface area contributed by atoms with Gasteiger partial charge in [-0.15, -0.1) is 0 Å². The van der Waals surface area contributed by atoms with E-state index >= 15 is 0 Å². The number of esters is 2. The highest BCUT2D eigenvalue weighted by molar-refractivity contribution is 5.70. The van der Waals surface area contributed by atoms with E-state index in [1.54, 1.807) is 0 Å². The Kier molecular flexibility index (Phi) is 46.9. The van der Waals surface area contributed by atoms with E-state index in [0.29, 0.717) is 12.8 Å². The van der Waals surface area contributed by atoms with E-state index < -0.39 is 6.10 Å². The summed E-state index contributed by atoms with van der Waals surface area (Å²) in [6.45, 7) is 4.03. The van der Waals surface area contributed by atoms with Crippen LogP contribution in [0.2, 0.25) is 0 Å². The number of aliphatic hydroxyl groups is 1. The molecule has 0 amide bonds. The molecule has 0 aliphatic heterocycles. The van der Waals surface area contributed by atoms with Crippen LogP contribution in [0.3, 0.4) is 0 Å². The van der Waals surface area contributed by atoms with Crippen LogP contribution in [0.4, 0.5) is 0 Å². The number of carbonyl (C=O) groups is 2. The summed E-state index contributed by atoms with van der Waals surface area (Å²) < 4.78 is 10.7. The van der Waals surface area contributed by atoms with Gasteiger partial charge in [0.05, 0.1) is 6.61 Å². The minimum absolute atomic E-state index is 0.0732. The Morgan fingerprint density at radius 1 is 0.414 bits per heavy atom. The number of rotatable bonds is 45. The van der Waals surface area contributed by atoms with Crippen molar-refractivity contribution in [3.63, 3.8) is 0 Å². The predicted molar refractivity (Wildman–Crippen MR) is 251 cm³/mol. The van der Waals surface area contributed by atoms with Crippen molar-refractivity contribution in [2.75, 3.05) is 13.2 Å². The van der Waals surface area contributed by atoms with Crippen LogP contribution in [-0.4, -0.2) is 36.4 Å². The summed E-state index contributed by atoms with van der Waals surface area (Å²) in [5, 5.41) is 9.62. The van der Waals surface area contributed by atoms with Crippen LogP contribution < -0.4 is 0 Å². The second-order valence-electron chi connectivity index (χ2n) is 16.5. The zero-order chi connectivity index (χ0) is 42.1. The molecule has 0 aromatic heterocycles. The highest BCUT2D eigenvalue weighted by Gasteiger charge is 2.16. The first-order valence-corrected chi connectivity index (χ1v) is 24.8. The standard InChI is InChI=1S/C53H94O5/c1-3-5-7-9-11-13-15-17-19-21-23-25-26-28-29-31-33-35-37-39-41-43-45-47-52(55)57-50-51(49-54)58-53(56)48-46-44-42-40-38-36-34-32-30-27-24-22-20-18-16-14-12-10-8-6-4-2/h6,8,12,14,18,20,24,27,32,34,51,54H,3-5,7,9-11,13,15-17,19,21-23,25-26,28-31,33,35-50H2,1-2H3/b8-6-,14-12-,20-18-,27-24-,34-32-. The van der Waals surface area contributed by atoms with Crippen molar-refractivity contribution in [1.82, 2.24) is 0 Å². The predicted octanol–water partition coefficient (Wildman–Crippen LogP) is 16.3. The summed E-state index contributed by atoms with van der Waals surface area (Å²) in [5.74, 6) is -0.605. The van der Waals surface area contributed by atoms with Crippen molar-refractivity contribution >= 4 is 11.9 Å². The molecule has 5 heteroatoms. The molecule has 5 nitrogen and oxygen atoms in total. The highest BCUT2D eigenvalue weighted by Crippen LogP contribution is 2.16. The van der Waals surface area contributed by atoms with Crippen molar-refractivity contribution in [3.8, 4) is 0 Å². The first-order chi connectivity index (χ1) is 28.6. The van der Waals surface area contributed by atoms with Crippen LogP contribution >= 0.6 is 0 Å². The van der Waals surface area contributed by atoms with E-state index in [4.69, 9.17) is 9.47 Å². The van der Waals surface area contributed by atoms with E-state index in [0.717, 1.165) is 89.9 Å². The SMILES string of the molecule is CC/C=C\C/C=C\C/C=C\C/C=C\C/C=C\CCCCCCCC(=O)OC(CO)COC(=O)CCCCCCCCCCCCCCCCCCCCCCCCC. The maximum absolute atomic E-state index is 12.2. The van der Waals surface area contributed by atoms with Crippen LogP contribution in [0, 0.1) is 0 Å². The average molecular weight is 811 g/mol. The molecule has 336 valence electrons. The second-order valence-corrected chi connectivity index (χ2v) is 16.5. The zero-order valence-corrected chi connectivity index (χ0v) is 38.3. The van der Waals surface area contributed by atoms with E-state index in [-0.39, 0.29) is 25.2 Å². The topological polar surface area (TPSA) is 72.8 Å². The van der Waals surface area contributed by atoms with Gasteiger partial charge in [-0.1, -0.05) is 235 Å². The van der Waals surface area contributed by atoms with E-state index in [1.165, 1.54) is 128 Å². The van der Waals surface area contributed by atoms with Gasteiger partial charge < -0.3 is 14.6 Å². The molecule has 0 bridgehead atoms. The van der Waals surface area contributed by atoms with Crippen molar-refractivity contribution < 1.29 is 24.2 Å². The molecule has 1 unspecified atom stereocenters. The molecule has 0 radical (unpaired) electrons. The molecular formula is C53H94O5. The number of carbonyl (C=O) groups excluding carboxylic acids is 2. The molecule has 0 fully saturated rings. The Bertz CT molecular complexity index is 1010. The Hall–Kier alpha value is -2.40. The summed E-state index contributed by atoms with van der Waals surface area (Å²) in [4.78, 5) is 24.4. The molecule has 1 N–H and O–H groups in total. The quantitative estimate of drug-likeness (QED) is 0.0377. The van der Waals surface area contributed by atoms with E-state index in [9.17, 15) is 14.7 Å². The first-order valence-electron chi connectivity index (χ1n) is 24.8. The van der Waals surface area contributed by atoms with Gasteiger partial charge in [0, 0.05) is 12.8 Å². The minimum Gasteiger partial charge on any atom is -0.462 e. The molecule has 0 rings (SSSR count). The Morgan fingerprint density at radius 2 is 0.741 bits per heavy atom. The van der Waals surface area contributed by atoms with Gasteiger partial charge in [0.25, 0.3) is 0 Å². The van der Waals surface area contributed by atoms with E-state index in [1.807, 2.05) is 0 Å². The van der Waals surface area contributed by atoms with Gasteiger partial charge in [0.15, 0.2) is 6.10 Å². The summed E-state index contributed by atoms with van der Waals surface area (Å²) in [6, 6.07) is 0. The minimum atomic E-state index is -0.783. The number of allylic oxidation sites excluding steroid dienone is 10. The maximum Gasteiger partial charge on any atom is 0.306 e. The zero-order valence-electron chi connectivity index (χ0n) is 38.3. The molecule has 0 aliphatic carbocycles. The molecule has 0 spiro atoms. The van der Waals surface area contributed by atoms with Crippen LogP contribution in [0.5, 0.6) is 0 Å². The Morgan fingerprint density at radius 3 is 1.12 bits per heavy atom. The van der Waals surface area contributed by atoms with Crippen molar-refractivity contribution in [2.24, 2.45) is 0 Å². The van der Waals surface area contributed by atoms with Gasteiger partial charge in [-0.05, 0) is 57.8 Å². The monoisotopic (exact) mass is 811 g/mol. The maximum atomic E-state index is 12.2. The lowest BCUT2D eigenvalue weighted by molar-refractivity contribution is -0.161. The van der Waals surface area contributed by atoms with Gasteiger partial charge >= 0.3 is 11.9 Å². The van der Waals surface area contributed by atoms with Crippen LogP contribution in [-0.2, 0) is 19.1 Å². The normalized spacial score (nSPS) is 12.7. The molecule has 0 aliphatic rings. The lowest BCUT2D eigenvalue weighted by atomic mass is 10.0. The summed E-state index contributed by atoms with van der Waals surface area (Å²) >= 11 is 0. The second kappa shape index (κ2) is 49.0. The van der Waals surface area contributed by atoms with E-state index in [2.05, 4.69) is 74.6 Å². The fourth-order valence-corrected chi connectivity index (χ4v) is 7.11. The molecule has 0 aromatic rings. The van der Waals surface area contributed by atoms with Crippen molar-refractivity contribution in [3.05, 3.63) is 60.8 Å². The molecule has 0 aromatic carbocycles. The number of aliphatic hydroxyl groups excluding tert-OH is 1. The molecule has 0 saturated heterocycles. The van der Waals surface area contributed by atoms with Crippen LogP contribution in [0.25, 0.3) is 0 Å². The Balaban J connectivity index is 3.53. The third-order valence-corrected chi connectivity index (χ3v) is 10.8. The molecule has 0 heterocycles. The third-order valence-electron chi connectivity index (χ3n) is 10.8. The summed E-state index contributed by atoms with van der Waals surface area (Å²) in [7, 11) is 0. The lowest BCUT2D eigenvalue weighted by Crippen LogP contribution is -2.28. The average Bonchev–Trinajstić information content (AvgIpc) is 3.23. The third kappa shape index (κ3) is 46.3. The number of hydrogen-bond acceptors (Lipinski definition) is 5. The Labute approximate surface area is 360 Å². The van der Waals surface area contributed by atoms with Gasteiger partial charge in [-0.2, -0.15) is 0 Å².